The molecule has 0 unspecified atom stereocenters. The Hall–Kier alpha value is -2.17. The summed E-state index contributed by atoms with van der Waals surface area (Å²) in [6, 6.07) is 5.69. The molecule has 0 spiro atoms. The highest BCUT2D eigenvalue weighted by molar-refractivity contribution is 5.37. The molecule has 0 atom stereocenters. The Bertz CT molecular complexity index is 488. The van der Waals surface area contributed by atoms with E-state index in [2.05, 4.69) is 15.0 Å². The van der Waals surface area contributed by atoms with Crippen molar-refractivity contribution in [2.24, 2.45) is 0 Å². The quantitative estimate of drug-likeness (QED) is 0.714. The van der Waals surface area contributed by atoms with Gasteiger partial charge >= 0.3 is 0 Å². The largest absolute Gasteiger partial charge is 0.456 e. The van der Waals surface area contributed by atoms with Gasteiger partial charge in [0.05, 0.1) is 6.54 Å². The molecule has 0 amide bonds. The molecule has 16 heavy (non-hydrogen) atoms. The zero-order valence-electron chi connectivity index (χ0n) is 8.58. The summed E-state index contributed by atoms with van der Waals surface area (Å²) < 4.78 is 5.53. The van der Waals surface area contributed by atoms with Crippen LogP contribution < -0.4 is 9.64 Å². The lowest BCUT2D eigenvalue weighted by Gasteiger charge is -2.27. The second kappa shape index (κ2) is 3.77. The van der Waals surface area contributed by atoms with Crippen LogP contribution in [-0.2, 0) is 6.54 Å². The minimum atomic E-state index is 0.439. The fourth-order valence-electron chi connectivity index (χ4n) is 1.65. The minimum absolute atomic E-state index is 0.439. The van der Waals surface area contributed by atoms with E-state index >= 15 is 0 Å². The van der Waals surface area contributed by atoms with Crippen LogP contribution in [0.2, 0.25) is 0 Å². The molecular formula is C11H10N4O. The van der Waals surface area contributed by atoms with E-state index in [1.807, 2.05) is 17.0 Å². The van der Waals surface area contributed by atoms with Crippen LogP contribution in [0, 0.1) is 0 Å². The number of anilines is 1. The molecule has 5 nitrogen and oxygen atoms in total. The average molecular weight is 214 g/mol. The van der Waals surface area contributed by atoms with Crippen molar-refractivity contribution in [1.29, 1.82) is 0 Å². The van der Waals surface area contributed by atoms with E-state index in [0.717, 1.165) is 12.1 Å². The van der Waals surface area contributed by atoms with Crippen LogP contribution in [0.1, 0.15) is 5.56 Å². The summed E-state index contributed by atoms with van der Waals surface area (Å²) in [6.45, 7) is 1.17. The van der Waals surface area contributed by atoms with Crippen LogP contribution in [0.15, 0.2) is 36.8 Å². The number of rotatable bonds is 1. The van der Waals surface area contributed by atoms with Crippen LogP contribution in [0.25, 0.3) is 0 Å². The summed E-state index contributed by atoms with van der Waals surface area (Å²) in [7, 11) is 0. The molecule has 80 valence electrons. The van der Waals surface area contributed by atoms with E-state index in [4.69, 9.17) is 4.74 Å². The Morgan fingerprint density at radius 1 is 1.06 bits per heavy atom. The average Bonchev–Trinajstić information content (AvgIpc) is 2.39. The van der Waals surface area contributed by atoms with Crippen molar-refractivity contribution < 1.29 is 4.74 Å². The van der Waals surface area contributed by atoms with Gasteiger partial charge in [0.1, 0.15) is 0 Å². The van der Waals surface area contributed by atoms with Crippen molar-refractivity contribution in [3.63, 3.8) is 0 Å². The van der Waals surface area contributed by atoms with Crippen molar-refractivity contribution in [3.8, 4) is 5.88 Å². The van der Waals surface area contributed by atoms with Gasteiger partial charge in [-0.2, -0.15) is 0 Å². The van der Waals surface area contributed by atoms with Gasteiger partial charge in [-0.15, -0.1) is 0 Å². The summed E-state index contributed by atoms with van der Waals surface area (Å²) in [5.41, 5.74) is 1.06. The second-order valence-electron chi connectivity index (χ2n) is 3.49. The van der Waals surface area contributed by atoms with E-state index in [1.165, 1.54) is 0 Å². The lowest BCUT2D eigenvalue weighted by Crippen LogP contribution is -2.33. The summed E-state index contributed by atoms with van der Waals surface area (Å²) in [5.74, 6) is 1.38. The predicted molar refractivity (Wildman–Crippen MR) is 57.9 cm³/mol. The molecule has 0 saturated heterocycles. The van der Waals surface area contributed by atoms with E-state index in [9.17, 15) is 0 Å². The molecular weight excluding hydrogens is 204 g/mol. The van der Waals surface area contributed by atoms with Gasteiger partial charge in [-0.05, 0) is 12.1 Å². The van der Waals surface area contributed by atoms with Gasteiger partial charge in [0, 0.05) is 24.2 Å². The fourth-order valence-corrected chi connectivity index (χ4v) is 1.65. The van der Waals surface area contributed by atoms with Crippen LogP contribution >= 0.6 is 0 Å². The first kappa shape index (κ1) is 9.08. The summed E-state index contributed by atoms with van der Waals surface area (Å²) in [5, 5.41) is 0. The molecule has 3 heterocycles. The van der Waals surface area contributed by atoms with Crippen molar-refractivity contribution in [2.45, 2.75) is 6.54 Å². The molecule has 0 radical (unpaired) electrons. The van der Waals surface area contributed by atoms with E-state index in [1.54, 1.807) is 24.7 Å². The molecule has 0 fully saturated rings. The molecule has 0 N–H and O–H groups in total. The van der Waals surface area contributed by atoms with E-state index < -0.39 is 0 Å². The number of hydrogen-bond donors (Lipinski definition) is 0. The van der Waals surface area contributed by atoms with Crippen molar-refractivity contribution in [1.82, 2.24) is 15.0 Å². The third-order valence-electron chi connectivity index (χ3n) is 2.40. The van der Waals surface area contributed by atoms with Crippen molar-refractivity contribution >= 4 is 5.95 Å². The van der Waals surface area contributed by atoms with Gasteiger partial charge < -0.3 is 9.64 Å². The molecule has 2 aromatic heterocycles. The highest BCUT2D eigenvalue weighted by atomic mass is 16.5. The van der Waals surface area contributed by atoms with Gasteiger partial charge in [-0.3, -0.25) is 0 Å². The SMILES string of the molecule is c1cnc(N2COc3ncccc3C2)nc1. The van der Waals surface area contributed by atoms with E-state index in [0.29, 0.717) is 18.6 Å². The third kappa shape index (κ3) is 1.56. The number of ether oxygens (including phenoxy) is 1. The maximum absolute atomic E-state index is 5.53. The molecule has 0 saturated carbocycles. The van der Waals surface area contributed by atoms with Gasteiger partial charge in [-0.25, -0.2) is 15.0 Å². The molecule has 2 aromatic rings. The van der Waals surface area contributed by atoms with Crippen LogP contribution in [-0.4, -0.2) is 21.7 Å². The van der Waals surface area contributed by atoms with Crippen LogP contribution in [0.4, 0.5) is 5.95 Å². The van der Waals surface area contributed by atoms with Crippen molar-refractivity contribution in [2.75, 3.05) is 11.6 Å². The molecule has 1 aliphatic rings. The molecule has 5 heteroatoms. The van der Waals surface area contributed by atoms with Gasteiger partial charge in [-0.1, -0.05) is 6.07 Å². The molecule has 0 aliphatic carbocycles. The van der Waals surface area contributed by atoms with Crippen LogP contribution in [0.5, 0.6) is 5.88 Å². The number of pyridine rings is 1. The Morgan fingerprint density at radius 3 is 2.75 bits per heavy atom. The fraction of sp³-hybridized carbons (Fsp3) is 0.182. The third-order valence-corrected chi connectivity index (χ3v) is 2.40. The Kier molecular flexibility index (Phi) is 2.14. The Balaban J connectivity index is 1.89. The first-order valence-corrected chi connectivity index (χ1v) is 5.02. The molecule has 1 aliphatic heterocycles. The van der Waals surface area contributed by atoms with Gasteiger partial charge in [0.25, 0.3) is 0 Å². The summed E-state index contributed by atoms with van der Waals surface area (Å²) in [6.07, 6.45) is 5.18. The highest BCUT2D eigenvalue weighted by Gasteiger charge is 2.19. The van der Waals surface area contributed by atoms with E-state index in [-0.39, 0.29) is 0 Å². The van der Waals surface area contributed by atoms with Crippen LogP contribution in [0.3, 0.4) is 0 Å². The number of nitrogens with zero attached hydrogens (tertiary/aromatic N) is 4. The zero-order chi connectivity index (χ0) is 10.8. The highest BCUT2D eigenvalue weighted by Crippen LogP contribution is 2.23. The standard InChI is InChI=1S/C11H10N4O/c1-3-9-7-15(8-16-10(9)12-4-1)11-13-5-2-6-14-11/h1-6H,7-8H2. The summed E-state index contributed by atoms with van der Waals surface area (Å²) >= 11 is 0. The molecule has 0 bridgehead atoms. The molecule has 0 aromatic carbocycles. The minimum Gasteiger partial charge on any atom is -0.456 e. The monoisotopic (exact) mass is 214 g/mol. The first-order valence-electron chi connectivity index (χ1n) is 5.02. The smallest absolute Gasteiger partial charge is 0.228 e. The first-order chi connectivity index (χ1) is 7.93. The Labute approximate surface area is 92.7 Å². The zero-order valence-corrected chi connectivity index (χ0v) is 8.58. The number of aromatic nitrogens is 3. The topological polar surface area (TPSA) is 51.1 Å². The Morgan fingerprint density at radius 2 is 1.88 bits per heavy atom. The number of fused-ring (bicyclic) bond motifs is 1. The van der Waals surface area contributed by atoms with Gasteiger partial charge in [0.2, 0.25) is 11.8 Å². The van der Waals surface area contributed by atoms with Crippen molar-refractivity contribution in [3.05, 3.63) is 42.4 Å². The predicted octanol–water partition coefficient (Wildman–Crippen LogP) is 1.23. The summed E-state index contributed by atoms with van der Waals surface area (Å²) in [4.78, 5) is 14.5. The molecule has 3 rings (SSSR count). The number of hydrogen-bond acceptors (Lipinski definition) is 5. The lowest BCUT2D eigenvalue weighted by molar-refractivity contribution is 0.275. The maximum Gasteiger partial charge on any atom is 0.228 e. The maximum atomic E-state index is 5.53. The normalized spacial score (nSPS) is 14.1. The lowest BCUT2D eigenvalue weighted by atomic mass is 10.2. The van der Waals surface area contributed by atoms with Gasteiger partial charge in [0.15, 0.2) is 6.73 Å². The second-order valence-corrected chi connectivity index (χ2v) is 3.49.